The van der Waals surface area contributed by atoms with E-state index in [1.807, 2.05) is 81.6 Å². The molecule has 0 aliphatic heterocycles. The van der Waals surface area contributed by atoms with E-state index in [1.165, 1.54) is 0 Å². The molecular weight excluding hydrogens is 382 g/mol. The number of ether oxygens (including phenoxy) is 1. The van der Waals surface area contributed by atoms with Crippen LogP contribution in [0.3, 0.4) is 0 Å². The maximum atomic E-state index is 11.2. The fourth-order valence-corrected chi connectivity index (χ4v) is 3.62. The smallest absolute Gasteiger partial charge is 0.165 e. The highest BCUT2D eigenvalue weighted by Gasteiger charge is 2.18. The SMILES string of the molecule is C/C=C/c1cccc(-c2cc(/C=C/C)cc(OC(CCNC)c3ccccc3)c2O)c1. The standard InChI is InChI=1S/C28H31NO2/c1-4-10-21-12-9-15-24(18-21)25-19-22(11-5-2)20-27(28(25)30)31-26(16-17-29-3)23-13-7-6-8-14-23/h4-15,18-20,26,29-30H,16-17H2,1-3H3/b10-4+,11-5+. The van der Waals surface area contributed by atoms with Crippen molar-refractivity contribution in [2.24, 2.45) is 0 Å². The number of benzene rings is 3. The second-order valence-corrected chi connectivity index (χ2v) is 7.45. The number of hydrogen-bond donors (Lipinski definition) is 2. The third kappa shape index (κ3) is 5.87. The molecule has 3 nitrogen and oxygen atoms in total. The van der Waals surface area contributed by atoms with Crippen LogP contribution in [0.1, 0.15) is 43.1 Å². The Morgan fingerprint density at radius 3 is 2.35 bits per heavy atom. The van der Waals surface area contributed by atoms with Crippen molar-refractivity contribution in [1.29, 1.82) is 0 Å². The van der Waals surface area contributed by atoms with E-state index >= 15 is 0 Å². The van der Waals surface area contributed by atoms with Crippen molar-refractivity contribution in [1.82, 2.24) is 5.32 Å². The lowest BCUT2D eigenvalue weighted by molar-refractivity contribution is 0.188. The lowest BCUT2D eigenvalue weighted by Crippen LogP contribution is -2.16. The molecule has 160 valence electrons. The Kier molecular flexibility index (Phi) is 8.08. The second-order valence-electron chi connectivity index (χ2n) is 7.45. The molecule has 3 aromatic carbocycles. The van der Waals surface area contributed by atoms with Gasteiger partial charge in [0.05, 0.1) is 0 Å². The van der Waals surface area contributed by atoms with Gasteiger partial charge in [0.25, 0.3) is 0 Å². The lowest BCUT2D eigenvalue weighted by Gasteiger charge is -2.22. The Balaban J connectivity index is 2.06. The monoisotopic (exact) mass is 413 g/mol. The minimum Gasteiger partial charge on any atom is -0.504 e. The normalized spacial score (nSPS) is 12.5. The zero-order valence-corrected chi connectivity index (χ0v) is 18.5. The van der Waals surface area contributed by atoms with Gasteiger partial charge in [-0.05, 0) is 67.9 Å². The van der Waals surface area contributed by atoms with Crippen molar-refractivity contribution in [2.75, 3.05) is 13.6 Å². The summed E-state index contributed by atoms with van der Waals surface area (Å²) >= 11 is 0. The summed E-state index contributed by atoms with van der Waals surface area (Å²) in [6.45, 7) is 4.80. The molecule has 0 spiro atoms. The predicted molar refractivity (Wildman–Crippen MR) is 131 cm³/mol. The van der Waals surface area contributed by atoms with Crippen molar-refractivity contribution >= 4 is 12.2 Å². The van der Waals surface area contributed by atoms with Crippen molar-refractivity contribution < 1.29 is 9.84 Å². The highest BCUT2D eigenvalue weighted by molar-refractivity contribution is 5.78. The van der Waals surface area contributed by atoms with Gasteiger partial charge in [0, 0.05) is 12.0 Å². The van der Waals surface area contributed by atoms with E-state index in [9.17, 15) is 5.11 Å². The number of hydrogen-bond acceptors (Lipinski definition) is 3. The van der Waals surface area contributed by atoms with Crippen molar-refractivity contribution in [3.05, 3.63) is 95.6 Å². The van der Waals surface area contributed by atoms with Gasteiger partial charge in [0.2, 0.25) is 0 Å². The Hall–Kier alpha value is -3.30. The third-order valence-corrected chi connectivity index (χ3v) is 5.11. The Morgan fingerprint density at radius 2 is 1.65 bits per heavy atom. The molecule has 0 aliphatic rings. The fourth-order valence-electron chi connectivity index (χ4n) is 3.62. The molecule has 0 bridgehead atoms. The van der Waals surface area contributed by atoms with Crippen LogP contribution in [0, 0.1) is 0 Å². The summed E-state index contributed by atoms with van der Waals surface area (Å²) in [5, 5.41) is 14.4. The van der Waals surface area contributed by atoms with Crippen LogP contribution in [0.25, 0.3) is 23.3 Å². The van der Waals surface area contributed by atoms with Gasteiger partial charge in [-0.3, -0.25) is 0 Å². The van der Waals surface area contributed by atoms with Crippen molar-refractivity contribution in [3.63, 3.8) is 0 Å². The number of rotatable bonds is 9. The average molecular weight is 414 g/mol. The van der Waals surface area contributed by atoms with Crippen LogP contribution in [-0.2, 0) is 0 Å². The first-order valence-corrected chi connectivity index (χ1v) is 10.7. The minimum atomic E-state index is -0.164. The molecule has 0 aliphatic carbocycles. The first-order chi connectivity index (χ1) is 15.2. The van der Waals surface area contributed by atoms with Gasteiger partial charge in [-0.1, -0.05) is 72.8 Å². The first kappa shape index (κ1) is 22.4. The molecule has 0 saturated carbocycles. The van der Waals surface area contributed by atoms with Crippen LogP contribution in [-0.4, -0.2) is 18.7 Å². The zero-order chi connectivity index (χ0) is 22.1. The molecule has 3 rings (SSSR count). The van der Waals surface area contributed by atoms with Crippen LogP contribution >= 0.6 is 0 Å². The molecule has 0 saturated heterocycles. The van der Waals surface area contributed by atoms with Gasteiger partial charge in [-0.2, -0.15) is 0 Å². The molecule has 0 radical (unpaired) electrons. The van der Waals surface area contributed by atoms with Gasteiger partial charge in [0.15, 0.2) is 11.5 Å². The van der Waals surface area contributed by atoms with Gasteiger partial charge in [0.1, 0.15) is 6.10 Å². The van der Waals surface area contributed by atoms with E-state index in [0.717, 1.165) is 40.8 Å². The molecule has 0 fully saturated rings. The van der Waals surface area contributed by atoms with E-state index < -0.39 is 0 Å². The maximum Gasteiger partial charge on any atom is 0.165 e. The van der Waals surface area contributed by atoms with Crippen molar-refractivity contribution in [3.8, 4) is 22.6 Å². The highest BCUT2D eigenvalue weighted by Crippen LogP contribution is 2.41. The van der Waals surface area contributed by atoms with Gasteiger partial charge in [-0.15, -0.1) is 0 Å². The number of allylic oxidation sites excluding steroid dienone is 2. The zero-order valence-electron chi connectivity index (χ0n) is 18.5. The molecule has 0 amide bonds. The number of aromatic hydroxyl groups is 1. The quantitative estimate of drug-likeness (QED) is 0.403. The largest absolute Gasteiger partial charge is 0.504 e. The molecule has 3 aromatic rings. The third-order valence-electron chi connectivity index (χ3n) is 5.11. The van der Waals surface area contributed by atoms with Gasteiger partial charge >= 0.3 is 0 Å². The minimum absolute atomic E-state index is 0.163. The lowest BCUT2D eigenvalue weighted by atomic mass is 9.98. The Morgan fingerprint density at radius 1 is 0.903 bits per heavy atom. The summed E-state index contributed by atoms with van der Waals surface area (Å²) < 4.78 is 6.42. The summed E-state index contributed by atoms with van der Waals surface area (Å²) in [5.74, 6) is 0.656. The first-order valence-electron chi connectivity index (χ1n) is 10.7. The van der Waals surface area contributed by atoms with Crippen LogP contribution in [0.15, 0.2) is 78.9 Å². The van der Waals surface area contributed by atoms with Crippen LogP contribution in [0.5, 0.6) is 11.5 Å². The molecule has 31 heavy (non-hydrogen) atoms. The molecule has 2 N–H and O–H groups in total. The number of nitrogens with one attached hydrogen (secondary N) is 1. The number of phenolic OH excluding ortho intramolecular Hbond substituents is 1. The van der Waals surface area contributed by atoms with E-state index in [-0.39, 0.29) is 11.9 Å². The Bertz CT molecular complexity index is 1040. The Labute approximate surface area is 185 Å². The second kappa shape index (κ2) is 11.2. The van der Waals surface area contributed by atoms with Gasteiger partial charge < -0.3 is 15.2 Å². The van der Waals surface area contributed by atoms with E-state index in [0.29, 0.717) is 5.75 Å². The highest BCUT2D eigenvalue weighted by atomic mass is 16.5. The summed E-state index contributed by atoms with van der Waals surface area (Å²) in [6, 6.07) is 22.2. The summed E-state index contributed by atoms with van der Waals surface area (Å²) in [5.41, 5.74) is 4.88. The molecule has 1 unspecified atom stereocenters. The van der Waals surface area contributed by atoms with Crippen LogP contribution < -0.4 is 10.1 Å². The van der Waals surface area contributed by atoms with Crippen LogP contribution in [0.2, 0.25) is 0 Å². The molecule has 0 aromatic heterocycles. The predicted octanol–water partition coefficient (Wildman–Crippen LogP) is 6.86. The van der Waals surface area contributed by atoms with Crippen molar-refractivity contribution in [2.45, 2.75) is 26.4 Å². The average Bonchev–Trinajstić information content (AvgIpc) is 2.79. The van der Waals surface area contributed by atoms with Crippen LogP contribution in [0.4, 0.5) is 0 Å². The van der Waals surface area contributed by atoms with Gasteiger partial charge in [-0.25, -0.2) is 0 Å². The van der Waals surface area contributed by atoms with E-state index in [4.69, 9.17) is 4.74 Å². The topological polar surface area (TPSA) is 41.5 Å². The van der Waals surface area contributed by atoms with E-state index in [2.05, 4.69) is 35.7 Å². The molecular formula is C28H31NO2. The van der Waals surface area contributed by atoms with E-state index in [1.54, 1.807) is 0 Å². The summed E-state index contributed by atoms with van der Waals surface area (Å²) in [7, 11) is 1.93. The summed E-state index contributed by atoms with van der Waals surface area (Å²) in [4.78, 5) is 0. The maximum absolute atomic E-state index is 11.2. The molecule has 1 atom stereocenters. The summed E-state index contributed by atoms with van der Waals surface area (Å²) in [6.07, 6.45) is 8.71. The fraction of sp³-hybridized carbons (Fsp3) is 0.214. The molecule has 0 heterocycles. The molecule has 3 heteroatoms. The number of phenols is 1.